The number of nitriles is 1. The van der Waals surface area contributed by atoms with Gasteiger partial charge in [0.1, 0.15) is 5.60 Å². The lowest BCUT2D eigenvalue weighted by Gasteiger charge is -2.24. The van der Waals surface area contributed by atoms with Crippen molar-refractivity contribution in [2.75, 3.05) is 13.1 Å². The molecule has 0 spiro atoms. The van der Waals surface area contributed by atoms with Crippen LogP contribution in [0.1, 0.15) is 20.8 Å². The van der Waals surface area contributed by atoms with Crippen LogP contribution in [0, 0.1) is 23.2 Å². The summed E-state index contributed by atoms with van der Waals surface area (Å²) in [5.41, 5.74) is -0.624. The monoisotopic (exact) mass is 240 g/mol. The van der Waals surface area contributed by atoms with Crippen LogP contribution in [0.25, 0.3) is 0 Å². The van der Waals surface area contributed by atoms with Gasteiger partial charge in [-0.15, -0.1) is 0 Å². The average Bonchev–Trinajstić information content (AvgIpc) is 2.58. The maximum Gasteiger partial charge on any atom is 0.410 e. The lowest BCUT2D eigenvalue weighted by molar-refractivity contribution is -0.141. The molecule has 1 aliphatic heterocycles. The van der Waals surface area contributed by atoms with Crippen molar-refractivity contribution in [1.29, 1.82) is 5.26 Å². The Hall–Kier alpha value is -1.77. The highest BCUT2D eigenvalue weighted by Gasteiger charge is 2.41. The molecule has 0 aromatic rings. The second-order valence-electron chi connectivity index (χ2n) is 5.07. The Morgan fingerprint density at radius 1 is 1.41 bits per heavy atom. The van der Waals surface area contributed by atoms with Crippen molar-refractivity contribution in [2.45, 2.75) is 26.4 Å². The second kappa shape index (κ2) is 4.62. The molecule has 94 valence electrons. The average molecular weight is 240 g/mol. The Kier molecular flexibility index (Phi) is 3.61. The number of nitrogens with zero attached hydrogens (tertiary/aromatic N) is 2. The number of carbonyl (C=O) groups excluding carboxylic acids is 1. The minimum atomic E-state index is -1.05. The van der Waals surface area contributed by atoms with Crippen LogP contribution in [0.4, 0.5) is 4.79 Å². The normalized spacial score (nSPS) is 24.2. The number of carbonyl (C=O) groups is 2. The van der Waals surface area contributed by atoms with E-state index in [1.807, 2.05) is 6.07 Å². The van der Waals surface area contributed by atoms with E-state index >= 15 is 0 Å². The molecule has 0 bridgehead atoms. The van der Waals surface area contributed by atoms with Crippen molar-refractivity contribution in [3.63, 3.8) is 0 Å². The number of likely N-dealkylation sites (tertiary alicyclic amines) is 1. The number of carboxylic acids is 1. The van der Waals surface area contributed by atoms with E-state index in [1.54, 1.807) is 20.8 Å². The predicted octanol–water partition coefficient (Wildman–Crippen LogP) is 1.08. The zero-order valence-corrected chi connectivity index (χ0v) is 10.1. The number of aliphatic carboxylic acids is 1. The minimum absolute atomic E-state index is 0.0302. The fourth-order valence-corrected chi connectivity index (χ4v) is 1.66. The lowest BCUT2D eigenvalue weighted by atomic mass is 9.98. The van der Waals surface area contributed by atoms with Gasteiger partial charge in [-0.25, -0.2) is 4.79 Å². The van der Waals surface area contributed by atoms with E-state index in [2.05, 4.69) is 0 Å². The third-order valence-corrected chi connectivity index (χ3v) is 2.45. The van der Waals surface area contributed by atoms with Crippen LogP contribution in [-0.2, 0) is 9.53 Å². The first-order valence-corrected chi connectivity index (χ1v) is 5.35. The molecular formula is C11H16N2O4. The van der Waals surface area contributed by atoms with Crippen molar-refractivity contribution in [3.8, 4) is 6.07 Å². The highest BCUT2D eigenvalue weighted by molar-refractivity contribution is 5.75. The van der Waals surface area contributed by atoms with Crippen LogP contribution in [0.15, 0.2) is 0 Å². The summed E-state index contributed by atoms with van der Waals surface area (Å²) >= 11 is 0. The van der Waals surface area contributed by atoms with E-state index < -0.39 is 29.5 Å². The molecule has 1 fully saturated rings. The Bertz CT molecular complexity index is 367. The molecule has 2 atom stereocenters. The lowest BCUT2D eigenvalue weighted by Crippen LogP contribution is -2.35. The van der Waals surface area contributed by atoms with Gasteiger partial charge in [0.15, 0.2) is 0 Å². The third kappa shape index (κ3) is 3.34. The zero-order valence-electron chi connectivity index (χ0n) is 10.1. The van der Waals surface area contributed by atoms with Crippen molar-refractivity contribution < 1.29 is 19.4 Å². The summed E-state index contributed by atoms with van der Waals surface area (Å²) in [6.07, 6.45) is -0.568. The molecule has 1 amide bonds. The van der Waals surface area contributed by atoms with Gasteiger partial charge < -0.3 is 14.7 Å². The number of hydrogen-bond donors (Lipinski definition) is 1. The van der Waals surface area contributed by atoms with Gasteiger partial charge in [-0.05, 0) is 20.8 Å². The highest BCUT2D eigenvalue weighted by atomic mass is 16.6. The van der Waals surface area contributed by atoms with E-state index in [-0.39, 0.29) is 13.1 Å². The molecule has 0 aromatic heterocycles. The summed E-state index contributed by atoms with van der Waals surface area (Å²) in [4.78, 5) is 23.9. The molecule has 6 nitrogen and oxygen atoms in total. The number of carboxylic acid groups (broad SMARTS) is 1. The number of amides is 1. The Morgan fingerprint density at radius 2 is 2.00 bits per heavy atom. The van der Waals surface area contributed by atoms with Crippen molar-refractivity contribution >= 4 is 12.1 Å². The summed E-state index contributed by atoms with van der Waals surface area (Å²) < 4.78 is 5.13. The van der Waals surface area contributed by atoms with Gasteiger partial charge in [0.2, 0.25) is 0 Å². The summed E-state index contributed by atoms with van der Waals surface area (Å²) in [6.45, 7) is 5.34. The highest BCUT2D eigenvalue weighted by Crippen LogP contribution is 2.24. The molecule has 1 heterocycles. The minimum Gasteiger partial charge on any atom is -0.481 e. The van der Waals surface area contributed by atoms with Gasteiger partial charge in [0.25, 0.3) is 0 Å². The SMILES string of the molecule is CC(C)(C)OC(=O)N1C[C@H](C(=O)O)[C@@H](C#N)C1. The molecule has 0 aliphatic carbocycles. The Balaban J connectivity index is 2.68. The van der Waals surface area contributed by atoms with Gasteiger partial charge in [-0.3, -0.25) is 4.79 Å². The van der Waals surface area contributed by atoms with Gasteiger partial charge in [0, 0.05) is 13.1 Å². The van der Waals surface area contributed by atoms with Gasteiger partial charge in [0.05, 0.1) is 17.9 Å². The van der Waals surface area contributed by atoms with E-state index in [1.165, 1.54) is 4.90 Å². The van der Waals surface area contributed by atoms with Crippen LogP contribution in [-0.4, -0.2) is 40.8 Å². The fourth-order valence-electron chi connectivity index (χ4n) is 1.66. The quantitative estimate of drug-likeness (QED) is 0.740. The fraction of sp³-hybridized carbons (Fsp3) is 0.727. The summed E-state index contributed by atoms with van der Waals surface area (Å²) in [7, 11) is 0. The molecule has 0 unspecified atom stereocenters. The number of ether oxygens (including phenoxy) is 1. The van der Waals surface area contributed by atoms with Crippen molar-refractivity contribution in [2.24, 2.45) is 11.8 Å². The van der Waals surface area contributed by atoms with Gasteiger partial charge in [-0.2, -0.15) is 5.26 Å². The first kappa shape index (κ1) is 13.3. The van der Waals surface area contributed by atoms with Crippen molar-refractivity contribution in [3.05, 3.63) is 0 Å². The summed E-state index contributed by atoms with van der Waals surface area (Å²) in [5.74, 6) is -2.55. The first-order valence-electron chi connectivity index (χ1n) is 5.35. The standard InChI is InChI=1S/C11H16N2O4/c1-11(2,3)17-10(16)13-5-7(4-12)8(6-13)9(14)15/h7-8H,5-6H2,1-3H3,(H,14,15)/t7-,8-/m0/s1. The van der Waals surface area contributed by atoms with E-state index in [9.17, 15) is 9.59 Å². The first-order chi connectivity index (χ1) is 7.74. The summed E-state index contributed by atoms with van der Waals surface area (Å²) in [6, 6.07) is 1.91. The van der Waals surface area contributed by atoms with Crippen LogP contribution in [0.5, 0.6) is 0 Å². The van der Waals surface area contributed by atoms with E-state index in [4.69, 9.17) is 15.1 Å². The zero-order chi connectivity index (χ0) is 13.2. The molecule has 6 heteroatoms. The van der Waals surface area contributed by atoms with Crippen molar-refractivity contribution in [1.82, 2.24) is 4.90 Å². The largest absolute Gasteiger partial charge is 0.481 e. The summed E-state index contributed by atoms with van der Waals surface area (Å²) in [5, 5.41) is 17.7. The Morgan fingerprint density at radius 3 is 2.35 bits per heavy atom. The third-order valence-electron chi connectivity index (χ3n) is 2.45. The predicted molar refractivity (Wildman–Crippen MR) is 58.0 cm³/mol. The molecular weight excluding hydrogens is 224 g/mol. The molecule has 1 aliphatic rings. The molecule has 17 heavy (non-hydrogen) atoms. The second-order valence-corrected chi connectivity index (χ2v) is 5.07. The number of rotatable bonds is 1. The van der Waals surface area contributed by atoms with Crippen LogP contribution < -0.4 is 0 Å². The maximum atomic E-state index is 11.7. The molecule has 0 aromatic carbocycles. The maximum absolute atomic E-state index is 11.7. The number of hydrogen-bond acceptors (Lipinski definition) is 4. The van der Waals surface area contributed by atoms with E-state index in [0.717, 1.165) is 0 Å². The molecule has 0 radical (unpaired) electrons. The molecule has 1 saturated heterocycles. The topological polar surface area (TPSA) is 90.6 Å². The van der Waals surface area contributed by atoms with Crippen LogP contribution in [0.3, 0.4) is 0 Å². The van der Waals surface area contributed by atoms with Gasteiger partial charge >= 0.3 is 12.1 Å². The van der Waals surface area contributed by atoms with Gasteiger partial charge in [-0.1, -0.05) is 0 Å². The van der Waals surface area contributed by atoms with E-state index in [0.29, 0.717) is 0 Å². The van der Waals surface area contributed by atoms with Crippen LogP contribution >= 0.6 is 0 Å². The Labute approximate surface area is 99.8 Å². The molecule has 1 N–H and O–H groups in total. The molecule has 1 rings (SSSR count). The molecule has 0 saturated carbocycles. The smallest absolute Gasteiger partial charge is 0.410 e. The van der Waals surface area contributed by atoms with Crippen LogP contribution in [0.2, 0.25) is 0 Å².